The summed E-state index contributed by atoms with van der Waals surface area (Å²) in [7, 11) is 1.70. The van der Waals surface area contributed by atoms with Gasteiger partial charge in [-0.2, -0.15) is 0 Å². The summed E-state index contributed by atoms with van der Waals surface area (Å²) in [5.41, 5.74) is 0. The Balaban J connectivity index is 2.11. The molecule has 19 heavy (non-hydrogen) atoms. The largest absolute Gasteiger partial charge is 0.496 e. The summed E-state index contributed by atoms with van der Waals surface area (Å²) in [4.78, 5) is 0. The molecule has 0 saturated carbocycles. The molecule has 0 aromatic heterocycles. The van der Waals surface area contributed by atoms with Crippen LogP contribution < -0.4 is 9.47 Å². The number of hydrogen-bond donors (Lipinski definition) is 0. The molecular formula is C16H19BrO2. The average molecular weight is 323 g/mol. The molecule has 0 aliphatic carbocycles. The van der Waals surface area contributed by atoms with Crippen molar-refractivity contribution in [3.63, 3.8) is 0 Å². The first-order chi connectivity index (χ1) is 9.36. The molecule has 2 aromatic carbocycles. The third kappa shape index (κ3) is 3.63. The quantitative estimate of drug-likeness (QED) is 0.539. The second kappa shape index (κ2) is 7.39. The van der Waals surface area contributed by atoms with Crippen molar-refractivity contribution in [1.29, 1.82) is 0 Å². The summed E-state index contributed by atoms with van der Waals surface area (Å²) >= 11 is 3.44. The summed E-state index contributed by atoms with van der Waals surface area (Å²) in [6, 6.07) is 12.1. The van der Waals surface area contributed by atoms with Crippen LogP contribution in [0.5, 0.6) is 11.5 Å². The number of rotatable bonds is 7. The third-order valence-corrected chi connectivity index (χ3v) is 3.66. The Morgan fingerprint density at radius 1 is 0.895 bits per heavy atom. The van der Waals surface area contributed by atoms with Gasteiger partial charge in [0.2, 0.25) is 0 Å². The molecule has 0 amide bonds. The summed E-state index contributed by atoms with van der Waals surface area (Å²) in [5, 5.41) is 3.28. The average Bonchev–Trinajstić information content (AvgIpc) is 2.47. The first kappa shape index (κ1) is 14.2. The maximum absolute atomic E-state index is 5.89. The molecule has 0 N–H and O–H groups in total. The SMILES string of the molecule is COc1ccc(OCCCCCBr)c2ccccc12. The molecule has 2 rings (SSSR count). The fourth-order valence-electron chi connectivity index (χ4n) is 2.10. The van der Waals surface area contributed by atoms with Crippen molar-refractivity contribution in [1.82, 2.24) is 0 Å². The van der Waals surface area contributed by atoms with E-state index in [1.54, 1.807) is 7.11 Å². The summed E-state index contributed by atoms with van der Waals surface area (Å²) in [6.07, 6.45) is 3.48. The Hall–Kier alpha value is -1.22. The molecule has 0 bridgehead atoms. The highest BCUT2D eigenvalue weighted by Gasteiger charge is 2.06. The lowest BCUT2D eigenvalue weighted by atomic mass is 10.1. The number of alkyl halides is 1. The maximum Gasteiger partial charge on any atom is 0.127 e. The first-order valence-corrected chi connectivity index (χ1v) is 7.73. The van der Waals surface area contributed by atoms with Gasteiger partial charge in [0.15, 0.2) is 0 Å². The van der Waals surface area contributed by atoms with Gasteiger partial charge in [0.25, 0.3) is 0 Å². The fraction of sp³-hybridized carbons (Fsp3) is 0.375. The van der Waals surface area contributed by atoms with Crippen molar-refractivity contribution in [3.05, 3.63) is 36.4 Å². The van der Waals surface area contributed by atoms with Crippen LogP contribution in [-0.4, -0.2) is 19.0 Å². The third-order valence-electron chi connectivity index (χ3n) is 3.10. The van der Waals surface area contributed by atoms with Crippen LogP contribution in [-0.2, 0) is 0 Å². The van der Waals surface area contributed by atoms with Crippen molar-refractivity contribution < 1.29 is 9.47 Å². The zero-order valence-electron chi connectivity index (χ0n) is 11.2. The molecular weight excluding hydrogens is 304 g/mol. The van der Waals surface area contributed by atoms with E-state index >= 15 is 0 Å². The number of unbranched alkanes of at least 4 members (excludes halogenated alkanes) is 2. The van der Waals surface area contributed by atoms with Crippen molar-refractivity contribution in [3.8, 4) is 11.5 Å². The maximum atomic E-state index is 5.89. The van der Waals surface area contributed by atoms with E-state index in [-0.39, 0.29) is 0 Å². The summed E-state index contributed by atoms with van der Waals surface area (Å²) < 4.78 is 11.3. The van der Waals surface area contributed by atoms with Crippen LogP contribution in [0.25, 0.3) is 10.8 Å². The number of halogens is 1. The predicted molar refractivity (Wildman–Crippen MR) is 83.6 cm³/mol. The van der Waals surface area contributed by atoms with E-state index in [9.17, 15) is 0 Å². The molecule has 102 valence electrons. The lowest BCUT2D eigenvalue weighted by Gasteiger charge is -2.11. The number of benzene rings is 2. The Labute approximate surface area is 122 Å². The number of methoxy groups -OCH3 is 1. The minimum absolute atomic E-state index is 0.767. The first-order valence-electron chi connectivity index (χ1n) is 6.61. The zero-order chi connectivity index (χ0) is 13.5. The molecule has 2 aromatic rings. The molecule has 0 aliphatic rings. The van der Waals surface area contributed by atoms with Crippen LogP contribution in [0.2, 0.25) is 0 Å². The smallest absolute Gasteiger partial charge is 0.127 e. The van der Waals surface area contributed by atoms with Crippen LogP contribution >= 0.6 is 15.9 Å². The standard InChI is InChI=1S/C16H19BrO2/c1-18-15-9-10-16(19-12-6-2-5-11-17)14-8-4-3-7-13(14)15/h3-4,7-10H,2,5-6,11-12H2,1H3. The number of fused-ring (bicyclic) bond motifs is 1. The van der Waals surface area contributed by atoms with Gasteiger partial charge in [-0.05, 0) is 31.4 Å². The highest BCUT2D eigenvalue weighted by molar-refractivity contribution is 9.09. The fourth-order valence-corrected chi connectivity index (χ4v) is 2.50. The minimum Gasteiger partial charge on any atom is -0.496 e. The zero-order valence-corrected chi connectivity index (χ0v) is 12.8. The minimum atomic E-state index is 0.767. The van der Waals surface area contributed by atoms with E-state index in [4.69, 9.17) is 9.47 Å². The van der Waals surface area contributed by atoms with Gasteiger partial charge in [-0.3, -0.25) is 0 Å². The normalized spacial score (nSPS) is 10.6. The van der Waals surface area contributed by atoms with Gasteiger partial charge < -0.3 is 9.47 Å². The lowest BCUT2D eigenvalue weighted by molar-refractivity contribution is 0.309. The van der Waals surface area contributed by atoms with E-state index < -0.39 is 0 Å². The van der Waals surface area contributed by atoms with Crippen LogP contribution in [0.15, 0.2) is 36.4 Å². The van der Waals surface area contributed by atoms with Crippen molar-refractivity contribution in [2.45, 2.75) is 19.3 Å². The van der Waals surface area contributed by atoms with Gasteiger partial charge in [0.05, 0.1) is 13.7 Å². The summed E-state index contributed by atoms with van der Waals surface area (Å²) in [5.74, 6) is 1.83. The van der Waals surface area contributed by atoms with Gasteiger partial charge in [-0.1, -0.05) is 40.2 Å². The lowest BCUT2D eigenvalue weighted by Crippen LogP contribution is -1.98. The Kier molecular flexibility index (Phi) is 5.52. The number of ether oxygens (including phenoxy) is 2. The molecule has 0 saturated heterocycles. The Morgan fingerprint density at radius 2 is 1.58 bits per heavy atom. The molecule has 0 atom stereocenters. The second-order valence-corrected chi connectivity index (χ2v) is 5.20. The van der Waals surface area contributed by atoms with Crippen LogP contribution in [0.1, 0.15) is 19.3 Å². The number of hydrogen-bond acceptors (Lipinski definition) is 2. The Bertz CT molecular complexity index is 525. The molecule has 0 radical (unpaired) electrons. The van der Waals surface area contributed by atoms with E-state index in [1.165, 1.54) is 12.8 Å². The molecule has 0 heterocycles. The molecule has 0 fully saturated rings. The van der Waals surface area contributed by atoms with Gasteiger partial charge in [0.1, 0.15) is 11.5 Å². The van der Waals surface area contributed by atoms with Gasteiger partial charge in [0, 0.05) is 16.1 Å². The van der Waals surface area contributed by atoms with E-state index in [0.29, 0.717) is 0 Å². The van der Waals surface area contributed by atoms with Crippen molar-refractivity contribution in [2.24, 2.45) is 0 Å². The van der Waals surface area contributed by atoms with Gasteiger partial charge in [-0.15, -0.1) is 0 Å². The van der Waals surface area contributed by atoms with Gasteiger partial charge >= 0.3 is 0 Å². The van der Waals surface area contributed by atoms with Crippen LogP contribution in [0.3, 0.4) is 0 Å². The molecule has 0 spiro atoms. The van der Waals surface area contributed by atoms with E-state index in [2.05, 4.69) is 28.1 Å². The van der Waals surface area contributed by atoms with Gasteiger partial charge in [-0.25, -0.2) is 0 Å². The molecule has 2 nitrogen and oxygen atoms in total. The molecule has 3 heteroatoms. The monoisotopic (exact) mass is 322 g/mol. The van der Waals surface area contributed by atoms with Crippen molar-refractivity contribution >= 4 is 26.7 Å². The van der Waals surface area contributed by atoms with Crippen LogP contribution in [0, 0.1) is 0 Å². The topological polar surface area (TPSA) is 18.5 Å². The van der Waals surface area contributed by atoms with E-state index in [0.717, 1.165) is 40.6 Å². The van der Waals surface area contributed by atoms with Crippen LogP contribution in [0.4, 0.5) is 0 Å². The predicted octanol–water partition coefficient (Wildman–Crippen LogP) is 4.79. The molecule has 0 aliphatic heterocycles. The molecule has 0 unspecified atom stereocenters. The summed E-state index contributed by atoms with van der Waals surface area (Å²) in [6.45, 7) is 0.767. The Morgan fingerprint density at radius 3 is 2.26 bits per heavy atom. The highest BCUT2D eigenvalue weighted by atomic mass is 79.9. The van der Waals surface area contributed by atoms with E-state index in [1.807, 2.05) is 24.3 Å². The van der Waals surface area contributed by atoms with Crippen molar-refractivity contribution in [2.75, 3.05) is 19.0 Å². The highest BCUT2D eigenvalue weighted by Crippen LogP contribution is 2.32. The second-order valence-electron chi connectivity index (χ2n) is 4.41.